The lowest BCUT2D eigenvalue weighted by Gasteiger charge is -2.00. The van der Waals surface area contributed by atoms with Gasteiger partial charge >= 0.3 is 0 Å². The molecule has 0 spiro atoms. The van der Waals surface area contributed by atoms with Crippen molar-refractivity contribution < 1.29 is 4.42 Å². The Hall–Kier alpha value is -1.08. The van der Waals surface area contributed by atoms with Crippen molar-refractivity contribution in [2.45, 2.75) is 6.42 Å². The standard InChI is InChI=1S/C20H16I2O/c21-14-13-18-20(22)19(16-9-5-2-6-10-16)17(23-18)12-11-15-7-3-1-4-8-15/h1-12H,13-14H2/b12-11+. The molecule has 0 aliphatic rings. The molecule has 1 aromatic heterocycles. The van der Waals surface area contributed by atoms with E-state index in [2.05, 4.69) is 93.7 Å². The average Bonchev–Trinajstić information content (AvgIpc) is 2.91. The maximum absolute atomic E-state index is 6.16. The molecule has 116 valence electrons. The fourth-order valence-corrected chi connectivity index (χ4v) is 3.90. The van der Waals surface area contributed by atoms with Crippen LogP contribution in [0.4, 0.5) is 0 Å². The van der Waals surface area contributed by atoms with Crippen LogP contribution < -0.4 is 0 Å². The van der Waals surface area contributed by atoms with E-state index >= 15 is 0 Å². The lowest BCUT2D eigenvalue weighted by molar-refractivity contribution is 0.508. The SMILES string of the molecule is ICCc1oc(/C=C/c2ccccc2)c(-c2ccccc2)c1I. The Morgan fingerprint density at radius 1 is 0.870 bits per heavy atom. The van der Waals surface area contributed by atoms with Crippen LogP contribution in [0.25, 0.3) is 23.3 Å². The van der Waals surface area contributed by atoms with E-state index < -0.39 is 0 Å². The van der Waals surface area contributed by atoms with Crippen LogP contribution in [-0.4, -0.2) is 4.43 Å². The van der Waals surface area contributed by atoms with Crippen LogP contribution in [0, 0.1) is 3.57 Å². The summed E-state index contributed by atoms with van der Waals surface area (Å²) in [4.78, 5) is 0. The van der Waals surface area contributed by atoms with Gasteiger partial charge in [0.15, 0.2) is 0 Å². The molecule has 1 heterocycles. The molecule has 3 aromatic rings. The van der Waals surface area contributed by atoms with Crippen molar-refractivity contribution in [3.63, 3.8) is 0 Å². The van der Waals surface area contributed by atoms with Crippen LogP contribution in [0.5, 0.6) is 0 Å². The molecule has 0 amide bonds. The first-order valence-electron chi connectivity index (χ1n) is 7.45. The maximum atomic E-state index is 6.16. The molecule has 0 aliphatic carbocycles. The summed E-state index contributed by atoms with van der Waals surface area (Å²) in [6.45, 7) is 0. The number of rotatable bonds is 5. The molecule has 0 fully saturated rings. The molecule has 0 saturated heterocycles. The topological polar surface area (TPSA) is 13.1 Å². The van der Waals surface area contributed by atoms with Crippen molar-refractivity contribution in [3.8, 4) is 11.1 Å². The molecule has 0 aliphatic heterocycles. The number of aryl methyl sites for hydroxylation is 1. The Morgan fingerprint density at radius 2 is 1.52 bits per heavy atom. The summed E-state index contributed by atoms with van der Waals surface area (Å²) < 4.78 is 8.44. The van der Waals surface area contributed by atoms with E-state index in [1.54, 1.807) is 0 Å². The van der Waals surface area contributed by atoms with Crippen LogP contribution in [0.15, 0.2) is 65.1 Å². The zero-order valence-corrected chi connectivity index (χ0v) is 16.8. The normalized spacial score (nSPS) is 11.2. The summed E-state index contributed by atoms with van der Waals surface area (Å²) in [5.41, 5.74) is 3.57. The fraction of sp³-hybridized carbons (Fsp3) is 0.100. The monoisotopic (exact) mass is 526 g/mol. The molecule has 0 saturated carbocycles. The third-order valence-electron chi connectivity index (χ3n) is 3.55. The highest BCUT2D eigenvalue weighted by Gasteiger charge is 2.17. The predicted molar refractivity (Wildman–Crippen MR) is 115 cm³/mol. The summed E-state index contributed by atoms with van der Waals surface area (Å²) >= 11 is 4.80. The van der Waals surface area contributed by atoms with Crippen molar-refractivity contribution in [3.05, 3.63) is 81.3 Å². The van der Waals surface area contributed by atoms with Crippen molar-refractivity contribution in [2.75, 3.05) is 4.43 Å². The minimum atomic E-state index is 0.935. The van der Waals surface area contributed by atoms with E-state index in [0.717, 1.165) is 22.4 Å². The van der Waals surface area contributed by atoms with E-state index in [0.29, 0.717) is 0 Å². The van der Waals surface area contributed by atoms with Gasteiger partial charge in [0.05, 0.1) is 3.57 Å². The first kappa shape index (κ1) is 16.8. The Morgan fingerprint density at radius 3 is 2.17 bits per heavy atom. The second-order valence-corrected chi connectivity index (χ2v) is 7.28. The minimum Gasteiger partial charge on any atom is -0.460 e. The quantitative estimate of drug-likeness (QED) is 0.267. The van der Waals surface area contributed by atoms with Gasteiger partial charge in [-0.1, -0.05) is 89.3 Å². The van der Waals surface area contributed by atoms with E-state index in [9.17, 15) is 0 Å². The second kappa shape index (κ2) is 8.15. The van der Waals surface area contributed by atoms with Crippen LogP contribution >= 0.6 is 45.2 Å². The Kier molecular flexibility index (Phi) is 5.94. The van der Waals surface area contributed by atoms with Gasteiger partial charge in [-0.05, 0) is 39.8 Å². The number of benzene rings is 2. The zero-order valence-electron chi connectivity index (χ0n) is 12.5. The maximum Gasteiger partial charge on any atom is 0.136 e. The highest BCUT2D eigenvalue weighted by atomic mass is 127. The fourth-order valence-electron chi connectivity index (χ4n) is 2.45. The summed E-state index contributed by atoms with van der Waals surface area (Å²) in [6, 6.07) is 20.8. The van der Waals surface area contributed by atoms with Gasteiger partial charge in [-0.2, -0.15) is 0 Å². The molecule has 23 heavy (non-hydrogen) atoms. The van der Waals surface area contributed by atoms with Gasteiger partial charge in [-0.25, -0.2) is 0 Å². The van der Waals surface area contributed by atoms with Gasteiger partial charge in [0.25, 0.3) is 0 Å². The number of hydrogen-bond donors (Lipinski definition) is 0. The van der Waals surface area contributed by atoms with Gasteiger partial charge in [0.2, 0.25) is 0 Å². The summed E-state index contributed by atoms with van der Waals surface area (Å²) in [5.74, 6) is 2.01. The molecule has 0 unspecified atom stereocenters. The largest absolute Gasteiger partial charge is 0.460 e. The molecule has 0 radical (unpaired) electrons. The second-order valence-electron chi connectivity index (χ2n) is 5.13. The first-order chi connectivity index (χ1) is 11.3. The minimum absolute atomic E-state index is 0.935. The van der Waals surface area contributed by atoms with Gasteiger partial charge in [0.1, 0.15) is 11.5 Å². The molecule has 3 rings (SSSR count). The lowest BCUT2D eigenvalue weighted by Crippen LogP contribution is -1.86. The van der Waals surface area contributed by atoms with Crippen LogP contribution in [0.2, 0.25) is 0 Å². The highest BCUT2D eigenvalue weighted by molar-refractivity contribution is 14.1. The van der Waals surface area contributed by atoms with E-state index in [4.69, 9.17) is 4.42 Å². The van der Waals surface area contributed by atoms with Crippen molar-refractivity contribution in [2.24, 2.45) is 0 Å². The van der Waals surface area contributed by atoms with Crippen LogP contribution in [0.3, 0.4) is 0 Å². The molecule has 1 nitrogen and oxygen atoms in total. The van der Waals surface area contributed by atoms with Gasteiger partial charge in [0, 0.05) is 16.4 Å². The smallest absolute Gasteiger partial charge is 0.136 e. The van der Waals surface area contributed by atoms with E-state index in [1.165, 1.54) is 20.3 Å². The molecule has 3 heteroatoms. The zero-order chi connectivity index (χ0) is 16.1. The Balaban J connectivity index is 2.05. The number of alkyl halides is 1. The molecular formula is C20H16I2O. The summed E-state index contributed by atoms with van der Waals surface area (Å²) in [7, 11) is 0. The summed E-state index contributed by atoms with van der Waals surface area (Å²) in [5, 5.41) is 0. The Bertz CT molecular complexity index is 789. The van der Waals surface area contributed by atoms with Crippen molar-refractivity contribution in [1.29, 1.82) is 0 Å². The molecule has 0 bridgehead atoms. The van der Waals surface area contributed by atoms with Gasteiger partial charge in [-0.15, -0.1) is 0 Å². The third-order valence-corrected chi connectivity index (χ3v) is 5.23. The average molecular weight is 526 g/mol. The lowest BCUT2D eigenvalue weighted by atomic mass is 10.1. The van der Waals surface area contributed by atoms with Gasteiger partial charge in [-0.3, -0.25) is 0 Å². The van der Waals surface area contributed by atoms with E-state index in [1.807, 2.05) is 24.3 Å². The highest BCUT2D eigenvalue weighted by Crippen LogP contribution is 2.35. The van der Waals surface area contributed by atoms with Crippen molar-refractivity contribution >= 4 is 57.3 Å². The molecular weight excluding hydrogens is 510 g/mol. The number of furan rings is 1. The number of hydrogen-bond acceptors (Lipinski definition) is 1. The Labute approximate surface area is 164 Å². The van der Waals surface area contributed by atoms with E-state index in [-0.39, 0.29) is 0 Å². The van der Waals surface area contributed by atoms with Crippen LogP contribution in [-0.2, 0) is 6.42 Å². The van der Waals surface area contributed by atoms with Crippen LogP contribution in [0.1, 0.15) is 17.1 Å². The number of halogens is 2. The third kappa shape index (κ3) is 4.07. The molecule has 0 N–H and O–H groups in total. The predicted octanol–water partition coefficient (Wildman–Crippen LogP) is 6.70. The summed E-state index contributed by atoms with van der Waals surface area (Å²) in [6.07, 6.45) is 5.14. The molecule has 0 atom stereocenters. The van der Waals surface area contributed by atoms with Crippen molar-refractivity contribution in [1.82, 2.24) is 0 Å². The van der Waals surface area contributed by atoms with Gasteiger partial charge < -0.3 is 4.42 Å². The first-order valence-corrected chi connectivity index (χ1v) is 10.1. The molecule has 2 aromatic carbocycles.